The molecule has 1 aromatic carbocycles. The number of carbonyl (C=O) groups excluding carboxylic acids is 1. The van der Waals surface area contributed by atoms with Gasteiger partial charge in [0.15, 0.2) is 6.61 Å². The Balaban J connectivity index is 1.82. The molecule has 4 nitrogen and oxygen atoms in total. The Morgan fingerprint density at radius 1 is 1.35 bits per heavy atom. The number of hydrogen-bond donors (Lipinski definition) is 2. The minimum Gasteiger partial charge on any atom is -0.483 e. The summed E-state index contributed by atoms with van der Waals surface area (Å²) >= 11 is 6.73. The van der Waals surface area contributed by atoms with E-state index in [1.54, 1.807) is 6.07 Å². The molecule has 2 N–H and O–H groups in total. The Kier molecular flexibility index (Phi) is 5.86. The molecule has 1 aliphatic rings. The van der Waals surface area contributed by atoms with Gasteiger partial charge in [0.2, 0.25) is 0 Å². The Morgan fingerprint density at radius 2 is 2.10 bits per heavy atom. The van der Waals surface area contributed by atoms with Gasteiger partial charge in [-0.3, -0.25) is 4.79 Å². The van der Waals surface area contributed by atoms with Crippen LogP contribution in [-0.2, 0) is 4.79 Å². The quantitative estimate of drug-likeness (QED) is 0.807. The maximum atomic E-state index is 11.8. The number of ether oxygens (including phenoxy) is 1. The minimum absolute atomic E-state index is 0.0521. The van der Waals surface area contributed by atoms with Crippen molar-refractivity contribution in [1.82, 2.24) is 5.32 Å². The number of halogens is 2. The van der Waals surface area contributed by atoms with Crippen molar-refractivity contribution >= 4 is 37.8 Å². The first-order valence-electron chi connectivity index (χ1n) is 6.61. The molecule has 0 radical (unpaired) electrons. The summed E-state index contributed by atoms with van der Waals surface area (Å²) in [6.07, 6.45) is 3.21. The Labute approximate surface area is 135 Å². The zero-order chi connectivity index (χ0) is 14.5. The lowest BCUT2D eigenvalue weighted by Crippen LogP contribution is -2.46. The summed E-state index contributed by atoms with van der Waals surface area (Å²) in [5.41, 5.74) is 0. The summed E-state index contributed by atoms with van der Waals surface area (Å²) in [5, 5.41) is 12.6. The summed E-state index contributed by atoms with van der Waals surface area (Å²) in [7, 11) is 0. The third-order valence-electron chi connectivity index (χ3n) is 3.33. The number of carbonyl (C=O) groups is 1. The Morgan fingerprint density at radius 3 is 2.80 bits per heavy atom. The molecule has 1 amide bonds. The highest BCUT2D eigenvalue weighted by atomic mass is 79.9. The molecule has 0 saturated heterocycles. The maximum Gasteiger partial charge on any atom is 0.258 e. The van der Waals surface area contributed by atoms with Crippen LogP contribution in [0.25, 0.3) is 0 Å². The molecule has 2 unspecified atom stereocenters. The largest absolute Gasteiger partial charge is 0.483 e. The van der Waals surface area contributed by atoms with Crippen molar-refractivity contribution in [1.29, 1.82) is 0 Å². The van der Waals surface area contributed by atoms with Crippen molar-refractivity contribution in [3.63, 3.8) is 0 Å². The molecule has 2 atom stereocenters. The van der Waals surface area contributed by atoms with Crippen LogP contribution < -0.4 is 10.1 Å². The molecule has 6 heteroatoms. The Hall–Kier alpha value is -0.590. The van der Waals surface area contributed by atoms with Gasteiger partial charge in [-0.1, -0.05) is 28.8 Å². The van der Waals surface area contributed by atoms with Crippen molar-refractivity contribution in [3.8, 4) is 5.75 Å². The number of aliphatic hydroxyl groups excluding tert-OH is 1. The molecule has 0 spiro atoms. The van der Waals surface area contributed by atoms with Crippen LogP contribution in [0.2, 0.25) is 0 Å². The van der Waals surface area contributed by atoms with E-state index < -0.39 is 6.10 Å². The molecule has 1 aromatic rings. The molecule has 0 aliphatic heterocycles. The van der Waals surface area contributed by atoms with Crippen LogP contribution in [0.3, 0.4) is 0 Å². The van der Waals surface area contributed by atoms with E-state index in [9.17, 15) is 9.90 Å². The number of amides is 1. The van der Waals surface area contributed by atoms with E-state index in [2.05, 4.69) is 37.2 Å². The first-order chi connectivity index (χ1) is 9.56. The molecule has 1 saturated carbocycles. The van der Waals surface area contributed by atoms with E-state index in [1.165, 1.54) is 0 Å². The lowest BCUT2D eigenvalue weighted by molar-refractivity contribution is -0.125. The second kappa shape index (κ2) is 7.43. The summed E-state index contributed by atoms with van der Waals surface area (Å²) in [4.78, 5) is 11.8. The van der Waals surface area contributed by atoms with Gasteiger partial charge in [-0.05, 0) is 47.0 Å². The molecule has 0 heterocycles. The number of rotatable bonds is 4. The first kappa shape index (κ1) is 15.8. The molecule has 0 bridgehead atoms. The highest BCUT2D eigenvalue weighted by Crippen LogP contribution is 2.28. The van der Waals surface area contributed by atoms with Crippen LogP contribution in [0.5, 0.6) is 5.75 Å². The second-order valence-corrected chi connectivity index (χ2v) is 6.66. The van der Waals surface area contributed by atoms with Gasteiger partial charge in [0.05, 0.1) is 16.6 Å². The lowest BCUT2D eigenvalue weighted by Gasteiger charge is -2.28. The molecule has 0 aromatic heterocycles. The topological polar surface area (TPSA) is 58.6 Å². The van der Waals surface area contributed by atoms with E-state index in [0.717, 1.165) is 34.6 Å². The first-order valence-corrected chi connectivity index (χ1v) is 8.20. The van der Waals surface area contributed by atoms with Gasteiger partial charge in [-0.15, -0.1) is 0 Å². The molecule has 1 aliphatic carbocycles. The molecule has 110 valence electrons. The van der Waals surface area contributed by atoms with Gasteiger partial charge in [0, 0.05) is 4.47 Å². The van der Waals surface area contributed by atoms with Gasteiger partial charge < -0.3 is 15.2 Å². The normalized spacial score (nSPS) is 22.4. The van der Waals surface area contributed by atoms with Crippen LogP contribution in [0, 0.1) is 0 Å². The van der Waals surface area contributed by atoms with Crippen LogP contribution in [0.4, 0.5) is 0 Å². The summed E-state index contributed by atoms with van der Waals surface area (Å²) in [6.45, 7) is -0.0521. The monoisotopic (exact) mass is 405 g/mol. The van der Waals surface area contributed by atoms with E-state index in [0.29, 0.717) is 5.75 Å². The highest BCUT2D eigenvalue weighted by molar-refractivity contribution is 9.11. The summed E-state index contributed by atoms with van der Waals surface area (Å²) in [6, 6.07) is 5.35. The third-order valence-corrected chi connectivity index (χ3v) is 4.44. The average Bonchev–Trinajstić information content (AvgIpc) is 2.40. The lowest BCUT2D eigenvalue weighted by atomic mass is 9.92. The zero-order valence-corrected chi connectivity index (χ0v) is 14.1. The number of hydrogen-bond acceptors (Lipinski definition) is 3. The van der Waals surface area contributed by atoms with Crippen molar-refractivity contribution < 1.29 is 14.6 Å². The fraction of sp³-hybridized carbons (Fsp3) is 0.500. The fourth-order valence-corrected chi connectivity index (χ4v) is 3.43. The summed E-state index contributed by atoms with van der Waals surface area (Å²) in [5.74, 6) is 0.415. The second-order valence-electron chi connectivity index (χ2n) is 4.89. The van der Waals surface area contributed by atoms with Gasteiger partial charge in [0.25, 0.3) is 5.91 Å². The SMILES string of the molecule is O=C(COc1ccc(Br)cc1Br)NC1CCCCC1O. The van der Waals surface area contributed by atoms with E-state index >= 15 is 0 Å². The van der Waals surface area contributed by atoms with Gasteiger partial charge in [0.1, 0.15) is 5.75 Å². The third kappa shape index (κ3) is 4.46. The number of benzene rings is 1. The smallest absolute Gasteiger partial charge is 0.258 e. The zero-order valence-electron chi connectivity index (χ0n) is 10.9. The van der Waals surface area contributed by atoms with Crippen LogP contribution in [0.1, 0.15) is 25.7 Å². The van der Waals surface area contributed by atoms with E-state index in [-0.39, 0.29) is 18.6 Å². The molecular formula is C14H17Br2NO3. The molecular weight excluding hydrogens is 390 g/mol. The molecule has 20 heavy (non-hydrogen) atoms. The number of aliphatic hydroxyl groups is 1. The predicted octanol–water partition coefficient (Wildman–Crippen LogP) is 3.01. The average molecular weight is 407 g/mol. The van der Waals surface area contributed by atoms with Crippen LogP contribution >= 0.6 is 31.9 Å². The van der Waals surface area contributed by atoms with Gasteiger partial charge in [-0.25, -0.2) is 0 Å². The van der Waals surface area contributed by atoms with E-state index in [1.807, 2.05) is 12.1 Å². The standard InChI is InChI=1S/C14H17Br2NO3/c15-9-5-6-13(10(16)7-9)20-8-14(19)17-11-3-1-2-4-12(11)18/h5-7,11-12,18H,1-4,8H2,(H,17,19). The maximum absolute atomic E-state index is 11.8. The predicted molar refractivity (Wildman–Crippen MR) is 83.7 cm³/mol. The minimum atomic E-state index is -0.438. The van der Waals surface area contributed by atoms with Crippen molar-refractivity contribution in [3.05, 3.63) is 27.1 Å². The molecule has 1 fully saturated rings. The fourth-order valence-electron chi connectivity index (χ4n) is 2.26. The van der Waals surface area contributed by atoms with Crippen molar-refractivity contribution in [2.24, 2.45) is 0 Å². The van der Waals surface area contributed by atoms with Crippen molar-refractivity contribution in [2.45, 2.75) is 37.8 Å². The molecule has 2 rings (SSSR count). The van der Waals surface area contributed by atoms with Crippen molar-refractivity contribution in [2.75, 3.05) is 6.61 Å². The Bertz CT molecular complexity index is 481. The number of nitrogens with one attached hydrogen (secondary N) is 1. The van der Waals surface area contributed by atoms with E-state index in [4.69, 9.17) is 4.74 Å². The van der Waals surface area contributed by atoms with Gasteiger partial charge in [-0.2, -0.15) is 0 Å². The van der Waals surface area contributed by atoms with Gasteiger partial charge >= 0.3 is 0 Å². The highest BCUT2D eigenvalue weighted by Gasteiger charge is 2.24. The van der Waals surface area contributed by atoms with Crippen LogP contribution in [-0.4, -0.2) is 29.8 Å². The van der Waals surface area contributed by atoms with Crippen LogP contribution in [0.15, 0.2) is 27.1 Å². The summed E-state index contributed by atoms with van der Waals surface area (Å²) < 4.78 is 7.19.